The number of aromatic hydroxyl groups is 1. The molecule has 13 heteroatoms. The predicted octanol–water partition coefficient (Wildman–Crippen LogP) is 0.319. The second-order valence-electron chi connectivity index (χ2n) is 8.15. The monoisotopic (exact) mass is 496 g/mol. The maximum atomic E-state index is 12.4. The number of piperazine rings is 1. The van der Waals surface area contributed by atoms with Crippen molar-refractivity contribution in [3.63, 3.8) is 0 Å². The van der Waals surface area contributed by atoms with Gasteiger partial charge in [-0.15, -0.1) is 0 Å². The van der Waals surface area contributed by atoms with Gasteiger partial charge in [0.2, 0.25) is 0 Å². The Labute approximate surface area is 199 Å². The molecule has 0 radical (unpaired) electrons. The number of aryl methyl sites for hydroxylation is 1. The zero-order valence-electron chi connectivity index (χ0n) is 19.5. The number of carboxylic acid groups (broad SMARTS) is 3. The molecule has 2 aromatic rings. The molecule has 192 valence electrons. The van der Waals surface area contributed by atoms with Gasteiger partial charge in [0.05, 0.1) is 25.3 Å². The van der Waals surface area contributed by atoms with Crippen LogP contribution in [-0.2, 0) is 14.4 Å². The number of aliphatic carboxylic acids is 3. The molecule has 0 aliphatic carbocycles. The van der Waals surface area contributed by atoms with E-state index in [-0.39, 0.29) is 11.4 Å². The van der Waals surface area contributed by atoms with Gasteiger partial charge in [0.1, 0.15) is 22.8 Å². The highest BCUT2D eigenvalue weighted by Crippen LogP contribution is 2.35. The third kappa shape index (κ3) is 6.61. The third-order valence-corrected chi connectivity index (χ3v) is 5.50. The minimum absolute atomic E-state index is 0.0132. The van der Waals surface area contributed by atoms with E-state index < -0.39 is 36.4 Å². The zero-order chi connectivity index (χ0) is 26.5. The normalized spacial score (nSPS) is 14.2. The number of ether oxygens (including phenoxy) is 1. The Morgan fingerprint density at radius 1 is 1.06 bits per heavy atom. The molecule has 1 aliphatic rings. The summed E-state index contributed by atoms with van der Waals surface area (Å²) in [5.74, 6) is -4.50. The topological polar surface area (TPSA) is 198 Å². The van der Waals surface area contributed by atoms with Crippen LogP contribution in [0.3, 0.4) is 0 Å². The first-order valence-electron chi connectivity index (χ1n) is 10.5. The van der Waals surface area contributed by atoms with Gasteiger partial charge in [-0.05, 0) is 19.5 Å². The summed E-state index contributed by atoms with van der Waals surface area (Å²) in [5, 5.41) is 44.3. The maximum Gasteiger partial charge on any atom is 0.360 e. The summed E-state index contributed by atoms with van der Waals surface area (Å²) in [6.45, 7) is 5.28. The minimum Gasteiger partial charge on any atom is -0.508 e. The number of nitrogens with zero attached hydrogens (tertiary/aromatic N) is 2. The minimum atomic E-state index is -2.74. The van der Waals surface area contributed by atoms with Crippen molar-refractivity contribution in [1.82, 2.24) is 4.90 Å². The largest absolute Gasteiger partial charge is 0.508 e. The van der Waals surface area contributed by atoms with Crippen LogP contribution in [0.25, 0.3) is 11.0 Å². The summed E-state index contributed by atoms with van der Waals surface area (Å²) in [4.78, 5) is 47.2. The third-order valence-electron chi connectivity index (χ3n) is 5.50. The molecule has 35 heavy (non-hydrogen) atoms. The van der Waals surface area contributed by atoms with Crippen LogP contribution in [0.4, 0.5) is 5.69 Å². The van der Waals surface area contributed by atoms with Crippen molar-refractivity contribution in [3.8, 4) is 11.5 Å². The molecule has 0 spiro atoms. The lowest BCUT2D eigenvalue weighted by Gasteiger charge is -2.34. The van der Waals surface area contributed by atoms with Gasteiger partial charge in [0.15, 0.2) is 5.60 Å². The highest BCUT2D eigenvalue weighted by Gasteiger charge is 2.40. The van der Waals surface area contributed by atoms with Crippen molar-refractivity contribution in [1.29, 1.82) is 0 Å². The fourth-order valence-corrected chi connectivity index (χ4v) is 3.72. The highest BCUT2D eigenvalue weighted by molar-refractivity contribution is 5.91. The van der Waals surface area contributed by atoms with E-state index >= 15 is 0 Å². The van der Waals surface area contributed by atoms with E-state index in [1.807, 2.05) is 6.92 Å². The smallest absolute Gasteiger partial charge is 0.360 e. The van der Waals surface area contributed by atoms with Gasteiger partial charge in [-0.2, -0.15) is 0 Å². The first-order chi connectivity index (χ1) is 16.3. The lowest BCUT2D eigenvalue weighted by Crippen LogP contribution is -2.46. The first-order valence-corrected chi connectivity index (χ1v) is 10.5. The highest BCUT2D eigenvalue weighted by atomic mass is 16.5. The van der Waals surface area contributed by atoms with Crippen molar-refractivity contribution in [3.05, 3.63) is 28.1 Å². The number of rotatable bonds is 7. The fraction of sp³-hybridized carbons (Fsp3) is 0.455. The van der Waals surface area contributed by atoms with E-state index in [1.54, 1.807) is 0 Å². The van der Waals surface area contributed by atoms with E-state index in [0.717, 1.165) is 37.1 Å². The van der Waals surface area contributed by atoms with E-state index in [4.69, 9.17) is 29.6 Å². The lowest BCUT2D eigenvalue weighted by molar-refractivity contribution is -0.170. The Morgan fingerprint density at radius 3 is 2.06 bits per heavy atom. The van der Waals surface area contributed by atoms with Crippen LogP contribution in [0, 0.1) is 6.92 Å². The summed E-state index contributed by atoms with van der Waals surface area (Å²) in [6.07, 6.45) is -2.29. The van der Waals surface area contributed by atoms with E-state index in [9.17, 15) is 24.3 Å². The molecule has 0 atom stereocenters. The number of phenolic OH excluding ortho intramolecular Hbond substituents is 1. The summed E-state index contributed by atoms with van der Waals surface area (Å²) in [6, 6.07) is 2.98. The Morgan fingerprint density at radius 2 is 1.60 bits per heavy atom. The number of likely N-dealkylation sites (N-methyl/N-ethyl adjacent to an activating group) is 1. The van der Waals surface area contributed by atoms with Gasteiger partial charge in [0, 0.05) is 38.3 Å². The molecular formula is C22H28N2O11. The molecule has 1 aromatic carbocycles. The Bertz CT molecular complexity index is 1150. The lowest BCUT2D eigenvalue weighted by atomic mass is 9.96. The van der Waals surface area contributed by atoms with Gasteiger partial charge in [-0.25, -0.2) is 9.59 Å². The van der Waals surface area contributed by atoms with Crippen molar-refractivity contribution < 1.29 is 49.1 Å². The number of carboxylic acids is 3. The van der Waals surface area contributed by atoms with Crippen LogP contribution in [0.15, 0.2) is 21.3 Å². The molecule has 2 heterocycles. The number of carbonyl (C=O) groups is 3. The SMILES string of the molecule is COc1cc(O)cc2oc(=O)c(N3CCN(C)CC3)c(C)c12.O=C(O)CC(O)(CC(=O)O)C(=O)O. The van der Waals surface area contributed by atoms with Crippen LogP contribution in [0.5, 0.6) is 11.5 Å². The number of hydrogen-bond donors (Lipinski definition) is 5. The van der Waals surface area contributed by atoms with E-state index in [2.05, 4.69) is 16.8 Å². The number of benzene rings is 1. The molecule has 0 amide bonds. The van der Waals surface area contributed by atoms with Crippen LogP contribution >= 0.6 is 0 Å². The van der Waals surface area contributed by atoms with Gasteiger partial charge in [-0.1, -0.05) is 0 Å². The average molecular weight is 496 g/mol. The Hall–Kier alpha value is -3.84. The average Bonchev–Trinajstić information content (AvgIpc) is 2.73. The van der Waals surface area contributed by atoms with Crippen molar-refractivity contribution in [2.24, 2.45) is 0 Å². The number of methoxy groups -OCH3 is 1. The number of anilines is 1. The molecule has 5 N–H and O–H groups in total. The van der Waals surface area contributed by atoms with Crippen molar-refractivity contribution in [2.75, 3.05) is 45.2 Å². The summed E-state index contributed by atoms with van der Waals surface area (Å²) >= 11 is 0. The van der Waals surface area contributed by atoms with Crippen LogP contribution in [0.1, 0.15) is 18.4 Å². The van der Waals surface area contributed by atoms with Crippen molar-refractivity contribution >= 4 is 34.6 Å². The first kappa shape index (κ1) is 27.4. The van der Waals surface area contributed by atoms with E-state index in [1.165, 1.54) is 19.2 Å². The van der Waals surface area contributed by atoms with Gasteiger partial charge in [-0.3, -0.25) is 9.59 Å². The molecule has 13 nitrogen and oxygen atoms in total. The number of hydrogen-bond acceptors (Lipinski definition) is 10. The van der Waals surface area contributed by atoms with Gasteiger partial charge >= 0.3 is 23.5 Å². The molecule has 0 saturated carbocycles. The predicted molar refractivity (Wildman–Crippen MR) is 122 cm³/mol. The molecule has 1 fully saturated rings. The Kier molecular flexibility index (Phi) is 8.66. The fourth-order valence-electron chi connectivity index (χ4n) is 3.72. The zero-order valence-corrected chi connectivity index (χ0v) is 19.5. The van der Waals surface area contributed by atoms with Gasteiger partial charge in [0.25, 0.3) is 0 Å². The van der Waals surface area contributed by atoms with Crippen LogP contribution < -0.4 is 15.3 Å². The Balaban J connectivity index is 0.000000287. The summed E-state index contributed by atoms with van der Waals surface area (Å²) in [7, 11) is 3.60. The molecule has 1 aliphatic heterocycles. The molecular weight excluding hydrogens is 468 g/mol. The van der Waals surface area contributed by atoms with Crippen LogP contribution in [0.2, 0.25) is 0 Å². The van der Waals surface area contributed by atoms with Gasteiger partial charge < -0.3 is 44.5 Å². The number of phenols is 1. The standard InChI is InChI=1S/C16H20N2O4.C6H8O7/c1-10-14-12(21-3)8-11(19)9-13(14)22-16(20)15(10)18-6-4-17(2)5-7-18;7-3(8)1-6(13,5(11)12)2-4(9)10/h8-9,19H,4-7H2,1-3H3;13H,1-2H2,(H,7,8)(H,9,10)(H,11,12). The second-order valence-corrected chi connectivity index (χ2v) is 8.15. The molecule has 1 aromatic heterocycles. The molecule has 1 saturated heterocycles. The molecule has 3 rings (SSSR count). The summed E-state index contributed by atoms with van der Waals surface area (Å²) < 4.78 is 10.8. The molecule has 0 bridgehead atoms. The van der Waals surface area contributed by atoms with E-state index in [0.29, 0.717) is 17.0 Å². The molecule has 0 unspecified atom stereocenters. The number of aliphatic hydroxyl groups is 1. The maximum absolute atomic E-state index is 12.4. The number of fused-ring (bicyclic) bond motifs is 1. The second kappa shape index (κ2) is 11.1. The van der Waals surface area contributed by atoms with Crippen molar-refractivity contribution in [2.45, 2.75) is 25.4 Å². The van der Waals surface area contributed by atoms with Crippen LogP contribution in [-0.4, -0.2) is 94.3 Å². The quantitative estimate of drug-likeness (QED) is 0.329. The summed E-state index contributed by atoms with van der Waals surface area (Å²) in [5.41, 5.74) is -1.35.